The minimum atomic E-state index is -0.363. The summed E-state index contributed by atoms with van der Waals surface area (Å²) < 4.78 is 4.95. The fraction of sp³-hybridized carbons (Fsp3) is 0.615. The van der Waals surface area contributed by atoms with Gasteiger partial charge in [-0.25, -0.2) is 0 Å². The molecule has 0 fully saturated rings. The Morgan fingerprint density at radius 1 is 1.33 bits per heavy atom. The Hall–Kier alpha value is -1.41. The summed E-state index contributed by atoms with van der Waals surface area (Å²) >= 11 is 0. The quantitative estimate of drug-likeness (QED) is 0.401. The highest BCUT2D eigenvalue weighted by Crippen LogP contribution is 1.92. The van der Waals surface area contributed by atoms with E-state index in [1.165, 1.54) is 0 Å². The topological polar surface area (TPSA) is 26.3 Å². The van der Waals surface area contributed by atoms with E-state index in [-0.39, 0.29) is 12.1 Å². The van der Waals surface area contributed by atoms with Crippen LogP contribution in [-0.2, 0) is 9.53 Å². The molecule has 0 aromatic heterocycles. The molecule has 1 atom stereocenters. The molecule has 82 valence electrons. The second kappa shape index (κ2) is 9.16. The van der Waals surface area contributed by atoms with E-state index < -0.39 is 0 Å². The smallest absolute Gasteiger partial charge is 0.306 e. The maximum absolute atomic E-state index is 10.9. The SMILES string of the molecule is CCCCC#CC#C[C@H](C)OC(=O)CC. The van der Waals surface area contributed by atoms with E-state index in [1.807, 2.05) is 0 Å². The normalized spacial score (nSPS) is 10.3. The average molecular weight is 206 g/mol. The van der Waals surface area contributed by atoms with Crippen LogP contribution in [0.15, 0.2) is 0 Å². The summed E-state index contributed by atoms with van der Waals surface area (Å²) in [5.74, 6) is 10.9. The van der Waals surface area contributed by atoms with Crippen LogP contribution in [-0.4, -0.2) is 12.1 Å². The van der Waals surface area contributed by atoms with Crippen molar-refractivity contribution < 1.29 is 9.53 Å². The molecular formula is C13H18O2. The van der Waals surface area contributed by atoms with Crippen LogP contribution in [0.5, 0.6) is 0 Å². The third kappa shape index (κ3) is 8.91. The molecule has 0 saturated carbocycles. The van der Waals surface area contributed by atoms with Gasteiger partial charge in [-0.2, -0.15) is 0 Å². The molecule has 15 heavy (non-hydrogen) atoms. The van der Waals surface area contributed by atoms with Crippen LogP contribution in [0.25, 0.3) is 0 Å². The second-order valence-corrected chi connectivity index (χ2v) is 3.16. The zero-order valence-corrected chi connectivity index (χ0v) is 9.72. The molecule has 0 saturated heterocycles. The van der Waals surface area contributed by atoms with E-state index in [0.29, 0.717) is 6.42 Å². The number of rotatable bonds is 4. The van der Waals surface area contributed by atoms with Crippen LogP contribution < -0.4 is 0 Å². The largest absolute Gasteiger partial charge is 0.449 e. The summed E-state index contributed by atoms with van der Waals surface area (Å²) in [6.07, 6.45) is 3.16. The number of carbonyl (C=O) groups excluding carboxylic acids is 1. The lowest BCUT2D eigenvalue weighted by molar-refractivity contribution is -0.145. The van der Waals surface area contributed by atoms with Gasteiger partial charge in [0.1, 0.15) is 0 Å². The second-order valence-electron chi connectivity index (χ2n) is 3.16. The third-order valence-electron chi connectivity index (χ3n) is 1.68. The number of hydrogen-bond acceptors (Lipinski definition) is 2. The lowest BCUT2D eigenvalue weighted by Crippen LogP contribution is -2.11. The predicted molar refractivity (Wildman–Crippen MR) is 60.9 cm³/mol. The molecule has 0 spiro atoms. The molecule has 0 bridgehead atoms. The van der Waals surface area contributed by atoms with E-state index in [2.05, 4.69) is 30.6 Å². The van der Waals surface area contributed by atoms with Crippen molar-refractivity contribution in [3.8, 4) is 23.7 Å². The predicted octanol–water partition coefficient (Wildman–Crippen LogP) is 2.53. The fourth-order valence-electron chi connectivity index (χ4n) is 0.820. The van der Waals surface area contributed by atoms with Crippen molar-refractivity contribution in [3.05, 3.63) is 0 Å². The van der Waals surface area contributed by atoms with Crippen LogP contribution in [0, 0.1) is 23.7 Å². The zero-order valence-electron chi connectivity index (χ0n) is 9.72. The molecule has 0 N–H and O–H groups in total. The van der Waals surface area contributed by atoms with E-state index in [4.69, 9.17) is 4.74 Å². The van der Waals surface area contributed by atoms with E-state index >= 15 is 0 Å². The third-order valence-corrected chi connectivity index (χ3v) is 1.68. The number of hydrogen-bond donors (Lipinski definition) is 0. The summed E-state index contributed by atoms with van der Waals surface area (Å²) in [7, 11) is 0. The van der Waals surface area contributed by atoms with Crippen molar-refractivity contribution in [1.82, 2.24) is 0 Å². The van der Waals surface area contributed by atoms with Crippen LogP contribution in [0.4, 0.5) is 0 Å². The molecule has 2 nitrogen and oxygen atoms in total. The van der Waals surface area contributed by atoms with Gasteiger partial charge in [-0.3, -0.25) is 4.79 Å². The monoisotopic (exact) mass is 206 g/mol. The van der Waals surface area contributed by atoms with Gasteiger partial charge in [0.25, 0.3) is 0 Å². The van der Waals surface area contributed by atoms with E-state index in [1.54, 1.807) is 13.8 Å². The Morgan fingerprint density at radius 2 is 2.07 bits per heavy atom. The summed E-state index contributed by atoms with van der Waals surface area (Å²) in [6, 6.07) is 0. The van der Waals surface area contributed by atoms with Crippen LogP contribution in [0.2, 0.25) is 0 Å². The maximum Gasteiger partial charge on any atom is 0.306 e. The first-order valence-corrected chi connectivity index (χ1v) is 5.38. The molecule has 0 aliphatic carbocycles. The molecule has 0 unspecified atom stereocenters. The Bertz CT molecular complexity index is 296. The van der Waals surface area contributed by atoms with Crippen molar-refractivity contribution in [1.29, 1.82) is 0 Å². The van der Waals surface area contributed by atoms with Gasteiger partial charge in [0, 0.05) is 12.8 Å². The van der Waals surface area contributed by atoms with Crippen LogP contribution >= 0.6 is 0 Å². The molecule has 0 aliphatic rings. The first-order chi connectivity index (χ1) is 7.20. The molecule has 0 amide bonds. The van der Waals surface area contributed by atoms with Crippen molar-refractivity contribution >= 4 is 5.97 Å². The Kier molecular flexibility index (Phi) is 8.30. The zero-order chi connectivity index (χ0) is 11.5. The summed E-state index contributed by atoms with van der Waals surface area (Å²) in [4.78, 5) is 10.9. The first kappa shape index (κ1) is 13.6. The van der Waals surface area contributed by atoms with Gasteiger partial charge < -0.3 is 4.74 Å². The van der Waals surface area contributed by atoms with Crippen molar-refractivity contribution in [3.63, 3.8) is 0 Å². The van der Waals surface area contributed by atoms with Gasteiger partial charge in [0.2, 0.25) is 0 Å². The molecule has 0 heterocycles. The number of esters is 1. The van der Waals surface area contributed by atoms with Crippen molar-refractivity contribution in [2.45, 2.75) is 52.6 Å². The Morgan fingerprint density at radius 3 is 2.67 bits per heavy atom. The van der Waals surface area contributed by atoms with Crippen LogP contribution in [0.3, 0.4) is 0 Å². The lowest BCUT2D eigenvalue weighted by Gasteiger charge is -2.03. The minimum Gasteiger partial charge on any atom is -0.449 e. The van der Waals surface area contributed by atoms with Gasteiger partial charge in [-0.1, -0.05) is 26.2 Å². The highest BCUT2D eigenvalue weighted by Gasteiger charge is 2.02. The van der Waals surface area contributed by atoms with Crippen molar-refractivity contribution in [2.75, 3.05) is 0 Å². The molecule has 0 rings (SSSR count). The minimum absolute atomic E-state index is 0.226. The highest BCUT2D eigenvalue weighted by atomic mass is 16.5. The Balaban J connectivity index is 3.83. The average Bonchev–Trinajstić information content (AvgIpc) is 2.23. The molecular weight excluding hydrogens is 188 g/mol. The first-order valence-electron chi connectivity index (χ1n) is 5.38. The number of ether oxygens (including phenoxy) is 1. The van der Waals surface area contributed by atoms with Gasteiger partial charge in [-0.15, -0.1) is 0 Å². The molecule has 0 aromatic carbocycles. The Labute approximate surface area is 92.4 Å². The standard InChI is InChI=1S/C13H18O2/c1-4-6-7-8-9-10-11-12(3)15-13(14)5-2/h12H,4-7H2,1-3H3/t12-/m0/s1. The molecule has 0 aliphatic heterocycles. The maximum atomic E-state index is 10.9. The van der Waals surface area contributed by atoms with E-state index in [9.17, 15) is 4.79 Å². The van der Waals surface area contributed by atoms with E-state index in [0.717, 1.165) is 19.3 Å². The van der Waals surface area contributed by atoms with Crippen LogP contribution in [0.1, 0.15) is 46.5 Å². The number of carbonyl (C=O) groups is 1. The molecule has 0 radical (unpaired) electrons. The summed E-state index contributed by atoms with van der Waals surface area (Å²) in [5, 5.41) is 0. The van der Waals surface area contributed by atoms with Gasteiger partial charge in [-0.05, 0) is 31.1 Å². The van der Waals surface area contributed by atoms with Gasteiger partial charge >= 0.3 is 5.97 Å². The van der Waals surface area contributed by atoms with Crippen molar-refractivity contribution in [2.24, 2.45) is 0 Å². The molecule has 0 aromatic rings. The molecule has 2 heteroatoms. The summed E-state index contributed by atoms with van der Waals surface area (Å²) in [6.45, 7) is 5.63. The fourth-order valence-corrected chi connectivity index (χ4v) is 0.820. The summed E-state index contributed by atoms with van der Waals surface area (Å²) in [5.41, 5.74) is 0. The van der Waals surface area contributed by atoms with Gasteiger partial charge in [0.15, 0.2) is 6.10 Å². The number of unbranched alkanes of at least 4 members (excludes halogenated alkanes) is 2. The lowest BCUT2D eigenvalue weighted by atomic mass is 10.2. The van der Waals surface area contributed by atoms with Gasteiger partial charge in [0.05, 0.1) is 0 Å². The highest BCUT2D eigenvalue weighted by molar-refractivity contribution is 5.69.